The van der Waals surface area contributed by atoms with Crippen molar-refractivity contribution < 1.29 is 4.74 Å². The molecule has 1 fully saturated rings. The molecule has 0 bridgehead atoms. The zero-order chi connectivity index (χ0) is 14.1. The average molecular weight is 296 g/mol. The summed E-state index contributed by atoms with van der Waals surface area (Å²) in [5.41, 5.74) is 0.0231. The molecule has 0 unspecified atom stereocenters. The largest absolute Gasteiger partial charge is 0.377 e. The van der Waals surface area contributed by atoms with Crippen LogP contribution in [0.3, 0.4) is 0 Å². The number of nitrogens with one attached hydrogen (secondary N) is 1. The Hall–Kier alpha value is -0.450. The molecule has 1 saturated heterocycles. The molecule has 114 valence electrons. The van der Waals surface area contributed by atoms with Crippen LogP contribution in [-0.4, -0.2) is 24.7 Å². The smallest absolute Gasteiger partial charge is 0.118 e. The molecule has 1 aliphatic rings. The third-order valence-corrected chi connectivity index (χ3v) is 5.01. The highest BCUT2D eigenvalue weighted by atomic mass is 32.1. The van der Waals surface area contributed by atoms with E-state index in [1.807, 2.05) is 11.6 Å². The minimum absolute atomic E-state index is 0.0231. The van der Waals surface area contributed by atoms with Gasteiger partial charge in [0.25, 0.3) is 0 Å². The van der Waals surface area contributed by atoms with Gasteiger partial charge in [-0.15, -0.1) is 11.3 Å². The SMILES string of the molecule is CCCCCCCCCCNC1(c2nccs2)COC1. The van der Waals surface area contributed by atoms with Gasteiger partial charge in [0.15, 0.2) is 0 Å². The molecule has 1 aromatic heterocycles. The third-order valence-electron chi connectivity index (χ3n) is 4.03. The molecule has 4 heteroatoms. The maximum absolute atomic E-state index is 5.40. The number of hydrogen-bond acceptors (Lipinski definition) is 4. The van der Waals surface area contributed by atoms with Gasteiger partial charge in [0, 0.05) is 11.6 Å². The molecule has 1 N–H and O–H groups in total. The Bertz CT molecular complexity index is 349. The lowest BCUT2D eigenvalue weighted by Gasteiger charge is -2.40. The van der Waals surface area contributed by atoms with E-state index in [0.29, 0.717) is 0 Å². The van der Waals surface area contributed by atoms with Gasteiger partial charge in [0.2, 0.25) is 0 Å². The summed E-state index contributed by atoms with van der Waals surface area (Å²) < 4.78 is 5.40. The first-order chi connectivity index (χ1) is 9.87. The molecule has 20 heavy (non-hydrogen) atoms. The molecule has 0 saturated carbocycles. The molecule has 2 rings (SSSR count). The third kappa shape index (κ3) is 4.54. The second-order valence-corrected chi connectivity index (χ2v) is 6.71. The predicted molar refractivity (Wildman–Crippen MR) is 85.2 cm³/mol. The van der Waals surface area contributed by atoms with Crippen LogP contribution >= 0.6 is 11.3 Å². The average Bonchev–Trinajstić information content (AvgIpc) is 2.93. The molecule has 3 nitrogen and oxygen atoms in total. The van der Waals surface area contributed by atoms with Crippen molar-refractivity contribution in [3.8, 4) is 0 Å². The Morgan fingerprint density at radius 2 is 1.85 bits per heavy atom. The van der Waals surface area contributed by atoms with Gasteiger partial charge in [-0.1, -0.05) is 51.9 Å². The van der Waals surface area contributed by atoms with Crippen LogP contribution in [0.5, 0.6) is 0 Å². The lowest BCUT2D eigenvalue weighted by Crippen LogP contribution is -2.57. The number of unbranched alkanes of at least 4 members (excludes halogenated alkanes) is 7. The molecule has 0 aromatic carbocycles. The number of ether oxygens (including phenoxy) is 1. The molecule has 1 aliphatic heterocycles. The van der Waals surface area contributed by atoms with E-state index in [1.165, 1.54) is 56.4 Å². The van der Waals surface area contributed by atoms with Gasteiger partial charge in [-0.05, 0) is 13.0 Å². The molecular weight excluding hydrogens is 268 g/mol. The van der Waals surface area contributed by atoms with Crippen molar-refractivity contribution in [2.75, 3.05) is 19.8 Å². The molecule has 1 aromatic rings. The van der Waals surface area contributed by atoms with Gasteiger partial charge in [-0.3, -0.25) is 0 Å². The van der Waals surface area contributed by atoms with Gasteiger partial charge < -0.3 is 10.1 Å². The Labute approximate surface area is 127 Å². The fraction of sp³-hybridized carbons (Fsp3) is 0.812. The summed E-state index contributed by atoms with van der Waals surface area (Å²) in [6.45, 7) is 4.90. The highest BCUT2D eigenvalue weighted by Crippen LogP contribution is 2.30. The van der Waals surface area contributed by atoms with Crippen molar-refractivity contribution in [2.24, 2.45) is 0 Å². The number of thiazole rings is 1. The van der Waals surface area contributed by atoms with Crippen LogP contribution in [0.15, 0.2) is 11.6 Å². The van der Waals surface area contributed by atoms with Crippen molar-refractivity contribution in [1.82, 2.24) is 10.3 Å². The zero-order valence-electron chi connectivity index (χ0n) is 12.7. The summed E-state index contributed by atoms with van der Waals surface area (Å²) in [6.07, 6.45) is 12.8. The maximum Gasteiger partial charge on any atom is 0.118 e. The lowest BCUT2D eigenvalue weighted by molar-refractivity contribution is -0.0785. The summed E-state index contributed by atoms with van der Waals surface area (Å²) >= 11 is 1.73. The van der Waals surface area contributed by atoms with Crippen LogP contribution in [0.25, 0.3) is 0 Å². The Balaban J connectivity index is 1.52. The van der Waals surface area contributed by atoms with E-state index < -0.39 is 0 Å². The summed E-state index contributed by atoms with van der Waals surface area (Å²) in [5, 5.41) is 6.90. The fourth-order valence-electron chi connectivity index (χ4n) is 2.65. The fourth-order valence-corrected chi connectivity index (χ4v) is 3.44. The van der Waals surface area contributed by atoms with Crippen molar-refractivity contribution in [2.45, 2.75) is 63.8 Å². The quantitative estimate of drug-likeness (QED) is 0.624. The Morgan fingerprint density at radius 1 is 1.15 bits per heavy atom. The van der Waals surface area contributed by atoms with Crippen molar-refractivity contribution in [1.29, 1.82) is 0 Å². The van der Waals surface area contributed by atoms with Gasteiger partial charge in [0.05, 0.1) is 13.2 Å². The van der Waals surface area contributed by atoms with Crippen LogP contribution in [0.4, 0.5) is 0 Å². The first-order valence-corrected chi connectivity index (χ1v) is 8.98. The molecule has 0 spiro atoms. The standard InChI is InChI=1S/C16H28N2OS/c1-2-3-4-5-6-7-8-9-10-18-16(13-19-14-16)15-17-11-12-20-15/h11-12,18H,2-10,13-14H2,1H3. The molecule has 0 aliphatic carbocycles. The highest BCUT2D eigenvalue weighted by molar-refractivity contribution is 7.09. The lowest BCUT2D eigenvalue weighted by atomic mass is 9.98. The Kier molecular flexibility index (Phi) is 6.97. The Morgan fingerprint density at radius 3 is 2.40 bits per heavy atom. The van der Waals surface area contributed by atoms with E-state index in [9.17, 15) is 0 Å². The summed E-state index contributed by atoms with van der Waals surface area (Å²) in [7, 11) is 0. The van der Waals surface area contributed by atoms with Crippen LogP contribution in [-0.2, 0) is 10.3 Å². The predicted octanol–water partition coefficient (Wildman–Crippen LogP) is 4.10. The molecule has 2 heterocycles. The molecular formula is C16H28N2OS. The van der Waals surface area contributed by atoms with Gasteiger partial charge >= 0.3 is 0 Å². The van der Waals surface area contributed by atoms with Crippen molar-refractivity contribution >= 4 is 11.3 Å². The normalized spacial score (nSPS) is 17.1. The van der Waals surface area contributed by atoms with Crippen LogP contribution < -0.4 is 5.32 Å². The number of nitrogens with zero attached hydrogens (tertiary/aromatic N) is 1. The van der Waals surface area contributed by atoms with Crippen LogP contribution in [0.1, 0.15) is 63.3 Å². The highest BCUT2D eigenvalue weighted by Gasteiger charge is 2.41. The number of hydrogen-bond donors (Lipinski definition) is 1. The van der Waals surface area contributed by atoms with E-state index in [2.05, 4.69) is 17.2 Å². The number of rotatable bonds is 11. The van der Waals surface area contributed by atoms with E-state index in [0.717, 1.165) is 19.8 Å². The molecule has 0 amide bonds. The van der Waals surface area contributed by atoms with E-state index in [-0.39, 0.29) is 5.54 Å². The van der Waals surface area contributed by atoms with E-state index in [4.69, 9.17) is 4.74 Å². The maximum atomic E-state index is 5.40. The first kappa shape index (κ1) is 15.9. The minimum Gasteiger partial charge on any atom is -0.377 e. The summed E-state index contributed by atoms with van der Waals surface area (Å²) in [6, 6.07) is 0. The van der Waals surface area contributed by atoms with Gasteiger partial charge in [-0.25, -0.2) is 4.98 Å². The van der Waals surface area contributed by atoms with E-state index >= 15 is 0 Å². The second-order valence-electron chi connectivity index (χ2n) is 5.81. The van der Waals surface area contributed by atoms with E-state index in [1.54, 1.807) is 11.3 Å². The first-order valence-electron chi connectivity index (χ1n) is 8.10. The van der Waals surface area contributed by atoms with Crippen LogP contribution in [0.2, 0.25) is 0 Å². The molecule has 0 atom stereocenters. The monoisotopic (exact) mass is 296 g/mol. The molecule has 0 radical (unpaired) electrons. The van der Waals surface area contributed by atoms with Crippen molar-refractivity contribution in [3.63, 3.8) is 0 Å². The van der Waals surface area contributed by atoms with Crippen LogP contribution in [0, 0.1) is 0 Å². The summed E-state index contributed by atoms with van der Waals surface area (Å²) in [5.74, 6) is 0. The summed E-state index contributed by atoms with van der Waals surface area (Å²) in [4.78, 5) is 4.44. The zero-order valence-corrected chi connectivity index (χ0v) is 13.5. The topological polar surface area (TPSA) is 34.2 Å². The van der Waals surface area contributed by atoms with Gasteiger partial charge in [-0.2, -0.15) is 0 Å². The second kappa shape index (κ2) is 8.75. The number of aromatic nitrogens is 1. The van der Waals surface area contributed by atoms with Crippen molar-refractivity contribution in [3.05, 3.63) is 16.6 Å². The minimum atomic E-state index is 0.0231. The van der Waals surface area contributed by atoms with Gasteiger partial charge in [0.1, 0.15) is 10.5 Å².